The Labute approximate surface area is 123 Å². The minimum atomic E-state index is 0.0603. The van der Waals surface area contributed by atoms with Crippen molar-refractivity contribution in [1.82, 2.24) is 10.2 Å². The predicted octanol–water partition coefficient (Wildman–Crippen LogP) is 2.76. The van der Waals surface area contributed by atoms with Crippen molar-refractivity contribution < 1.29 is 4.79 Å². The van der Waals surface area contributed by atoms with E-state index in [4.69, 9.17) is 0 Å². The van der Waals surface area contributed by atoms with E-state index in [0.717, 1.165) is 30.9 Å². The van der Waals surface area contributed by atoms with E-state index in [0.29, 0.717) is 17.4 Å². The van der Waals surface area contributed by atoms with E-state index < -0.39 is 0 Å². The van der Waals surface area contributed by atoms with Gasteiger partial charge in [-0.15, -0.1) is 0 Å². The first-order chi connectivity index (χ1) is 9.39. The highest BCUT2D eigenvalue weighted by Gasteiger charge is 2.55. The third-order valence-electron chi connectivity index (χ3n) is 5.53. The minimum absolute atomic E-state index is 0.0603. The smallest absolute Gasteiger partial charge is 0.175 e. The average Bonchev–Trinajstić information content (AvgIpc) is 2.87. The topological polar surface area (TPSA) is 32.3 Å². The number of ketones is 1. The van der Waals surface area contributed by atoms with Gasteiger partial charge in [-0.1, -0.05) is 19.9 Å². The minimum Gasteiger partial charge on any atom is -0.301 e. The van der Waals surface area contributed by atoms with Crippen LogP contribution in [0.3, 0.4) is 0 Å². The maximum Gasteiger partial charge on any atom is 0.175 e. The number of nitrogens with zero attached hydrogens (tertiary/aromatic N) is 1. The van der Waals surface area contributed by atoms with Gasteiger partial charge in [0.25, 0.3) is 0 Å². The SMILES string of the molecule is CC[C@@H](C)N(C)C/C=C(\C)C(=O)[C@@H]1CC[C@]2(CC2C)N1. The Morgan fingerprint density at radius 3 is 2.70 bits per heavy atom. The third-order valence-corrected chi connectivity index (χ3v) is 5.53. The van der Waals surface area contributed by atoms with Crippen LogP contribution < -0.4 is 5.32 Å². The Balaban J connectivity index is 1.86. The number of nitrogens with one attached hydrogen (secondary N) is 1. The van der Waals surface area contributed by atoms with Crippen LogP contribution in [0.5, 0.6) is 0 Å². The van der Waals surface area contributed by atoms with E-state index in [1.165, 1.54) is 12.8 Å². The van der Waals surface area contributed by atoms with Crippen molar-refractivity contribution in [3.05, 3.63) is 11.6 Å². The molecule has 1 heterocycles. The highest BCUT2D eigenvalue weighted by Crippen LogP contribution is 2.50. The highest BCUT2D eigenvalue weighted by atomic mass is 16.1. The Bertz CT molecular complexity index is 404. The fourth-order valence-corrected chi connectivity index (χ4v) is 3.27. The predicted molar refractivity (Wildman–Crippen MR) is 83.8 cm³/mol. The second-order valence-electron chi connectivity index (χ2n) is 6.95. The molecule has 3 heteroatoms. The van der Waals surface area contributed by atoms with Gasteiger partial charge in [0.15, 0.2) is 5.78 Å². The van der Waals surface area contributed by atoms with Gasteiger partial charge in [-0.3, -0.25) is 4.79 Å². The van der Waals surface area contributed by atoms with Crippen LogP contribution in [-0.4, -0.2) is 41.9 Å². The van der Waals surface area contributed by atoms with Crippen molar-refractivity contribution in [1.29, 1.82) is 0 Å². The van der Waals surface area contributed by atoms with Crippen LogP contribution in [0.1, 0.15) is 53.4 Å². The van der Waals surface area contributed by atoms with Crippen LogP contribution in [0.25, 0.3) is 0 Å². The fourth-order valence-electron chi connectivity index (χ4n) is 3.27. The molecule has 1 aliphatic carbocycles. The molecule has 20 heavy (non-hydrogen) atoms. The van der Waals surface area contributed by atoms with Gasteiger partial charge in [-0.25, -0.2) is 0 Å². The number of Topliss-reactive ketones (excluding diaryl/α,β-unsaturated/α-hetero) is 1. The summed E-state index contributed by atoms with van der Waals surface area (Å²) in [7, 11) is 2.12. The number of hydrogen-bond donors (Lipinski definition) is 1. The molecular weight excluding hydrogens is 248 g/mol. The zero-order chi connectivity index (χ0) is 14.9. The quantitative estimate of drug-likeness (QED) is 0.758. The molecule has 4 atom stereocenters. The molecule has 3 nitrogen and oxygen atoms in total. The molecule has 0 aromatic carbocycles. The standard InChI is InChI=1S/C17H30N2O/c1-6-14(4)19(5)10-8-12(2)16(20)15-7-9-17(18-15)11-13(17)3/h8,13-15,18H,6-7,9-11H2,1-5H3/b12-8+/t13?,14-,15+,17-/m1/s1. The average molecular weight is 278 g/mol. The number of carbonyl (C=O) groups is 1. The molecule has 2 aliphatic rings. The summed E-state index contributed by atoms with van der Waals surface area (Å²) < 4.78 is 0. The first-order valence-electron chi connectivity index (χ1n) is 8.08. The van der Waals surface area contributed by atoms with Crippen LogP contribution in [0.2, 0.25) is 0 Å². The van der Waals surface area contributed by atoms with Crippen molar-refractivity contribution in [2.75, 3.05) is 13.6 Å². The van der Waals surface area contributed by atoms with Crippen molar-refractivity contribution in [3.63, 3.8) is 0 Å². The van der Waals surface area contributed by atoms with Crippen LogP contribution in [0.4, 0.5) is 0 Å². The van der Waals surface area contributed by atoms with Gasteiger partial charge < -0.3 is 10.2 Å². The summed E-state index contributed by atoms with van der Waals surface area (Å²) in [5.74, 6) is 1.06. The third kappa shape index (κ3) is 3.15. The van der Waals surface area contributed by atoms with E-state index in [1.807, 2.05) is 6.92 Å². The van der Waals surface area contributed by atoms with Crippen LogP contribution in [-0.2, 0) is 4.79 Å². The van der Waals surface area contributed by atoms with Crippen molar-refractivity contribution in [3.8, 4) is 0 Å². The summed E-state index contributed by atoms with van der Waals surface area (Å²) in [5.41, 5.74) is 1.23. The largest absolute Gasteiger partial charge is 0.301 e. The first kappa shape index (κ1) is 15.7. The number of rotatable bonds is 6. The molecule has 1 aliphatic heterocycles. The lowest BCUT2D eigenvalue weighted by Gasteiger charge is -2.22. The van der Waals surface area contributed by atoms with Crippen LogP contribution in [0, 0.1) is 5.92 Å². The number of likely N-dealkylation sites (N-methyl/N-ethyl adjacent to an activating group) is 1. The number of hydrogen-bond acceptors (Lipinski definition) is 3. The summed E-state index contributed by atoms with van der Waals surface area (Å²) in [5, 5.41) is 3.59. The molecule has 0 radical (unpaired) electrons. The van der Waals surface area contributed by atoms with Crippen LogP contribution in [0.15, 0.2) is 11.6 Å². The fraction of sp³-hybridized carbons (Fsp3) is 0.824. The van der Waals surface area contributed by atoms with Crippen molar-refractivity contribution in [2.24, 2.45) is 5.92 Å². The highest BCUT2D eigenvalue weighted by molar-refractivity contribution is 5.99. The van der Waals surface area contributed by atoms with Gasteiger partial charge in [0.1, 0.15) is 0 Å². The second-order valence-corrected chi connectivity index (χ2v) is 6.95. The molecule has 2 fully saturated rings. The normalized spacial score (nSPS) is 34.8. The van der Waals surface area contributed by atoms with Crippen molar-refractivity contribution >= 4 is 5.78 Å². The zero-order valence-electron chi connectivity index (χ0n) is 13.7. The molecular formula is C17H30N2O. The Morgan fingerprint density at radius 2 is 2.20 bits per heavy atom. The summed E-state index contributed by atoms with van der Waals surface area (Å²) in [4.78, 5) is 14.8. The molecule has 1 N–H and O–H groups in total. The van der Waals surface area contributed by atoms with Gasteiger partial charge >= 0.3 is 0 Å². The molecule has 0 bridgehead atoms. The number of carbonyl (C=O) groups excluding carboxylic acids is 1. The molecule has 1 unspecified atom stereocenters. The van der Waals surface area contributed by atoms with Gasteiger partial charge in [-0.05, 0) is 58.1 Å². The maximum atomic E-state index is 12.5. The van der Waals surface area contributed by atoms with E-state index in [2.05, 4.69) is 44.1 Å². The van der Waals surface area contributed by atoms with Gasteiger partial charge in [0, 0.05) is 18.1 Å². The first-order valence-corrected chi connectivity index (χ1v) is 8.08. The molecule has 0 aromatic rings. The maximum absolute atomic E-state index is 12.5. The lowest BCUT2D eigenvalue weighted by atomic mass is 10.0. The van der Waals surface area contributed by atoms with E-state index >= 15 is 0 Å². The molecule has 1 spiro atoms. The van der Waals surface area contributed by atoms with Gasteiger partial charge in [0.2, 0.25) is 0 Å². The summed E-state index contributed by atoms with van der Waals surface area (Å²) in [6.07, 6.45) is 6.66. The Hall–Kier alpha value is -0.670. The van der Waals surface area contributed by atoms with Gasteiger partial charge in [0.05, 0.1) is 6.04 Å². The monoisotopic (exact) mass is 278 g/mol. The lowest BCUT2D eigenvalue weighted by Crippen LogP contribution is -2.38. The lowest BCUT2D eigenvalue weighted by molar-refractivity contribution is -0.117. The Morgan fingerprint density at radius 1 is 1.55 bits per heavy atom. The van der Waals surface area contributed by atoms with Gasteiger partial charge in [-0.2, -0.15) is 0 Å². The van der Waals surface area contributed by atoms with E-state index in [-0.39, 0.29) is 6.04 Å². The van der Waals surface area contributed by atoms with Crippen molar-refractivity contribution in [2.45, 2.75) is 71.0 Å². The van der Waals surface area contributed by atoms with Crippen LogP contribution >= 0.6 is 0 Å². The molecule has 1 saturated heterocycles. The summed E-state index contributed by atoms with van der Waals surface area (Å²) >= 11 is 0. The molecule has 0 amide bonds. The Kier molecular flexibility index (Phi) is 4.70. The molecule has 114 valence electrons. The summed E-state index contributed by atoms with van der Waals surface area (Å²) in [6, 6.07) is 0.624. The molecule has 0 aromatic heterocycles. The summed E-state index contributed by atoms with van der Waals surface area (Å²) in [6.45, 7) is 9.53. The molecule has 1 saturated carbocycles. The second kappa shape index (κ2) is 5.98. The zero-order valence-corrected chi connectivity index (χ0v) is 13.7. The molecule has 2 rings (SSSR count). The van der Waals surface area contributed by atoms with E-state index in [9.17, 15) is 4.79 Å². The van der Waals surface area contributed by atoms with E-state index in [1.54, 1.807) is 0 Å².